The van der Waals surface area contributed by atoms with Crippen molar-refractivity contribution in [3.05, 3.63) is 29.3 Å². The number of hydrogen-bond donors (Lipinski definition) is 1. The molecule has 0 spiro atoms. The molecule has 1 saturated heterocycles. The van der Waals surface area contributed by atoms with E-state index in [1.807, 2.05) is 18.7 Å². The van der Waals surface area contributed by atoms with E-state index in [0.29, 0.717) is 0 Å². The van der Waals surface area contributed by atoms with E-state index in [9.17, 15) is 8.78 Å². The lowest BCUT2D eigenvalue weighted by molar-refractivity contribution is 0.480. The van der Waals surface area contributed by atoms with E-state index >= 15 is 0 Å². The zero-order valence-electron chi connectivity index (χ0n) is 10.5. The lowest BCUT2D eigenvalue weighted by Crippen LogP contribution is -2.39. The molecule has 0 bridgehead atoms. The molecule has 0 aromatic heterocycles. The smallest absolute Gasteiger partial charge is 0.182 e. The first-order valence-corrected chi connectivity index (χ1v) is 6.31. The molecular weight excluding hydrogens is 254 g/mol. The predicted molar refractivity (Wildman–Crippen MR) is 72.9 cm³/mol. The summed E-state index contributed by atoms with van der Waals surface area (Å²) in [7, 11) is 0. The SMILES string of the molecule is CC1(C)CCCN1c1ccc(C(N)=S)c(F)c1F. The van der Waals surface area contributed by atoms with Crippen LogP contribution in [0.15, 0.2) is 12.1 Å². The third-order valence-corrected chi connectivity index (χ3v) is 3.74. The van der Waals surface area contributed by atoms with E-state index in [1.54, 1.807) is 6.07 Å². The fourth-order valence-electron chi connectivity index (χ4n) is 2.49. The van der Waals surface area contributed by atoms with Crippen LogP contribution in [0, 0.1) is 11.6 Å². The van der Waals surface area contributed by atoms with Crippen LogP contribution < -0.4 is 10.6 Å². The van der Waals surface area contributed by atoms with Gasteiger partial charge in [-0.2, -0.15) is 0 Å². The Balaban J connectivity index is 2.48. The molecule has 0 radical (unpaired) electrons. The highest BCUT2D eigenvalue weighted by Gasteiger charge is 2.34. The topological polar surface area (TPSA) is 29.3 Å². The van der Waals surface area contributed by atoms with Gasteiger partial charge in [0, 0.05) is 17.6 Å². The van der Waals surface area contributed by atoms with Crippen molar-refractivity contribution in [3.8, 4) is 0 Å². The lowest BCUT2D eigenvalue weighted by atomic mass is 10.0. The number of halogens is 2. The summed E-state index contributed by atoms with van der Waals surface area (Å²) >= 11 is 4.69. The van der Waals surface area contributed by atoms with Crippen LogP contribution >= 0.6 is 12.2 Å². The van der Waals surface area contributed by atoms with E-state index in [-0.39, 0.29) is 21.8 Å². The summed E-state index contributed by atoms with van der Waals surface area (Å²) < 4.78 is 27.9. The van der Waals surface area contributed by atoms with Crippen molar-refractivity contribution in [1.29, 1.82) is 0 Å². The van der Waals surface area contributed by atoms with E-state index in [0.717, 1.165) is 19.4 Å². The van der Waals surface area contributed by atoms with Crippen molar-refractivity contribution in [2.75, 3.05) is 11.4 Å². The fourth-order valence-corrected chi connectivity index (χ4v) is 2.65. The van der Waals surface area contributed by atoms with Crippen LogP contribution in [-0.2, 0) is 0 Å². The summed E-state index contributed by atoms with van der Waals surface area (Å²) in [5.74, 6) is -1.82. The van der Waals surface area contributed by atoms with Gasteiger partial charge in [-0.05, 0) is 38.8 Å². The van der Waals surface area contributed by atoms with Gasteiger partial charge in [-0.1, -0.05) is 12.2 Å². The van der Waals surface area contributed by atoms with Crippen molar-refractivity contribution >= 4 is 22.9 Å². The molecule has 98 valence electrons. The van der Waals surface area contributed by atoms with Crippen LogP contribution in [0.2, 0.25) is 0 Å². The molecule has 2 rings (SSSR count). The Morgan fingerprint density at radius 2 is 2.00 bits per heavy atom. The molecule has 2 N–H and O–H groups in total. The van der Waals surface area contributed by atoms with Crippen molar-refractivity contribution < 1.29 is 8.78 Å². The number of anilines is 1. The molecule has 18 heavy (non-hydrogen) atoms. The summed E-state index contributed by atoms with van der Waals surface area (Å²) in [5, 5.41) is 0. The molecule has 0 aliphatic carbocycles. The van der Waals surface area contributed by atoms with E-state index < -0.39 is 11.6 Å². The second-order valence-electron chi connectivity index (χ2n) is 5.19. The van der Waals surface area contributed by atoms with Gasteiger partial charge in [-0.25, -0.2) is 8.78 Å². The molecule has 0 unspecified atom stereocenters. The maximum Gasteiger partial charge on any atom is 0.182 e. The van der Waals surface area contributed by atoms with Crippen LogP contribution in [0.5, 0.6) is 0 Å². The molecule has 0 saturated carbocycles. The summed E-state index contributed by atoms with van der Waals surface area (Å²) in [6.45, 7) is 4.79. The largest absolute Gasteiger partial charge is 0.389 e. The first-order valence-electron chi connectivity index (χ1n) is 5.90. The molecule has 0 amide bonds. The molecule has 1 aliphatic heterocycles. The number of hydrogen-bond acceptors (Lipinski definition) is 2. The third-order valence-electron chi connectivity index (χ3n) is 3.52. The van der Waals surface area contributed by atoms with Crippen LogP contribution in [-0.4, -0.2) is 17.1 Å². The Morgan fingerprint density at radius 3 is 2.50 bits per heavy atom. The van der Waals surface area contributed by atoms with Gasteiger partial charge in [0.1, 0.15) is 4.99 Å². The number of rotatable bonds is 2. The maximum absolute atomic E-state index is 14.1. The second-order valence-corrected chi connectivity index (χ2v) is 5.63. The van der Waals surface area contributed by atoms with Gasteiger partial charge in [0.15, 0.2) is 11.6 Å². The lowest BCUT2D eigenvalue weighted by Gasteiger charge is -2.34. The predicted octanol–water partition coefficient (Wildman–Crippen LogP) is 2.98. The highest BCUT2D eigenvalue weighted by atomic mass is 32.1. The van der Waals surface area contributed by atoms with Crippen molar-refractivity contribution in [3.63, 3.8) is 0 Å². The molecule has 1 heterocycles. The van der Waals surface area contributed by atoms with Crippen LogP contribution in [0.25, 0.3) is 0 Å². The standard InChI is InChI=1S/C13H16F2N2S/c1-13(2)6-3-7-17(13)9-5-4-8(12(16)18)10(14)11(9)15/h4-5H,3,6-7H2,1-2H3,(H2,16,18). The maximum atomic E-state index is 14.1. The number of nitrogens with two attached hydrogens (primary N) is 1. The first-order chi connectivity index (χ1) is 8.34. The number of benzene rings is 1. The van der Waals surface area contributed by atoms with Crippen molar-refractivity contribution in [2.45, 2.75) is 32.2 Å². The van der Waals surface area contributed by atoms with E-state index in [4.69, 9.17) is 5.73 Å². The van der Waals surface area contributed by atoms with Gasteiger partial charge in [0.2, 0.25) is 0 Å². The molecular formula is C13H16F2N2S. The average Bonchev–Trinajstić information content (AvgIpc) is 2.61. The molecule has 1 aromatic carbocycles. The Hall–Kier alpha value is -1.23. The zero-order chi connectivity index (χ0) is 13.5. The van der Waals surface area contributed by atoms with E-state index in [1.165, 1.54) is 6.07 Å². The minimum Gasteiger partial charge on any atom is -0.389 e. The minimum absolute atomic E-state index is 0.0387. The Morgan fingerprint density at radius 1 is 1.33 bits per heavy atom. The second kappa shape index (κ2) is 4.46. The van der Waals surface area contributed by atoms with Gasteiger partial charge < -0.3 is 10.6 Å². The summed E-state index contributed by atoms with van der Waals surface area (Å²) in [6.07, 6.45) is 1.94. The fraction of sp³-hybridized carbons (Fsp3) is 0.462. The Kier molecular flexibility index (Phi) is 3.27. The first kappa shape index (κ1) is 13.2. The molecule has 1 aliphatic rings. The van der Waals surface area contributed by atoms with Gasteiger partial charge in [0.25, 0.3) is 0 Å². The van der Waals surface area contributed by atoms with Crippen LogP contribution in [0.3, 0.4) is 0 Å². The van der Waals surface area contributed by atoms with Gasteiger partial charge >= 0.3 is 0 Å². The quantitative estimate of drug-likeness (QED) is 0.838. The molecule has 2 nitrogen and oxygen atoms in total. The average molecular weight is 270 g/mol. The van der Waals surface area contributed by atoms with E-state index in [2.05, 4.69) is 12.2 Å². The monoisotopic (exact) mass is 270 g/mol. The highest BCUT2D eigenvalue weighted by Crippen LogP contribution is 2.36. The van der Waals surface area contributed by atoms with Crippen molar-refractivity contribution in [1.82, 2.24) is 0 Å². The van der Waals surface area contributed by atoms with Gasteiger partial charge in [-0.15, -0.1) is 0 Å². The van der Waals surface area contributed by atoms with Crippen molar-refractivity contribution in [2.24, 2.45) is 5.73 Å². The minimum atomic E-state index is -0.956. The summed E-state index contributed by atoms with van der Waals surface area (Å²) in [4.78, 5) is 1.77. The normalized spacial score (nSPS) is 18.1. The third kappa shape index (κ3) is 2.07. The Bertz CT molecular complexity index is 500. The van der Waals surface area contributed by atoms with Crippen LogP contribution in [0.4, 0.5) is 14.5 Å². The summed E-state index contributed by atoms with van der Waals surface area (Å²) in [6, 6.07) is 3.00. The summed E-state index contributed by atoms with van der Waals surface area (Å²) in [5.41, 5.74) is 5.45. The molecule has 1 fully saturated rings. The Labute approximate surface area is 111 Å². The number of nitrogens with zero attached hydrogens (tertiary/aromatic N) is 1. The van der Waals surface area contributed by atoms with Gasteiger partial charge in [0.05, 0.1) is 5.69 Å². The van der Waals surface area contributed by atoms with Crippen LogP contribution in [0.1, 0.15) is 32.3 Å². The van der Waals surface area contributed by atoms with Gasteiger partial charge in [-0.3, -0.25) is 0 Å². The zero-order valence-corrected chi connectivity index (χ0v) is 11.3. The highest BCUT2D eigenvalue weighted by molar-refractivity contribution is 7.80. The molecule has 0 atom stereocenters. The number of thiocarbonyl (C=S) groups is 1. The molecule has 5 heteroatoms. The molecule has 1 aromatic rings.